The van der Waals surface area contributed by atoms with Crippen LogP contribution in [0.3, 0.4) is 0 Å². The van der Waals surface area contributed by atoms with Gasteiger partial charge in [-0.25, -0.2) is 0 Å². The van der Waals surface area contributed by atoms with Crippen molar-refractivity contribution in [3.63, 3.8) is 0 Å². The lowest BCUT2D eigenvalue weighted by atomic mass is 10.0. The summed E-state index contributed by atoms with van der Waals surface area (Å²) in [5, 5.41) is 9.28. The van der Waals surface area contributed by atoms with Crippen molar-refractivity contribution in [3.05, 3.63) is 21.4 Å². The molecule has 0 saturated heterocycles. The average molecular weight is 255 g/mol. The van der Waals surface area contributed by atoms with Gasteiger partial charge in [0.05, 0.1) is 17.0 Å². The molecule has 0 spiro atoms. The van der Waals surface area contributed by atoms with Crippen molar-refractivity contribution in [2.75, 3.05) is 13.7 Å². The number of aryl methyl sites for hydroxylation is 2. The van der Waals surface area contributed by atoms with E-state index >= 15 is 0 Å². The molecular formula is C13H21NO2S. The van der Waals surface area contributed by atoms with E-state index in [1.165, 1.54) is 21.8 Å². The predicted molar refractivity (Wildman–Crippen MR) is 71.7 cm³/mol. The zero-order valence-electron chi connectivity index (χ0n) is 11.2. The smallest absolute Gasteiger partial charge is 0.264 e. The maximum atomic E-state index is 12.3. The average Bonchev–Trinajstić information content (AvgIpc) is 2.68. The molecule has 4 heteroatoms. The molecule has 17 heavy (non-hydrogen) atoms. The molecule has 0 aliphatic rings. The molecule has 0 atom stereocenters. The van der Waals surface area contributed by atoms with Gasteiger partial charge in [-0.1, -0.05) is 6.92 Å². The molecule has 0 aromatic carbocycles. The topological polar surface area (TPSA) is 40.5 Å². The molecule has 1 heterocycles. The van der Waals surface area contributed by atoms with Crippen molar-refractivity contribution in [1.29, 1.82) is 0 Å². The summed E-state index contributed by atoms with van der Waals surface area (Å²) in [5.41, 5.74) is 0.704. The Hall–Kier alpha value is -0.870. The van der Waals surface area contributed by atoms with Gasteiger partial charge in [-0.3, -0.25) is 4.79 Å². The molecule has 0 aliphatic heterocycles. The number of amides is 1. The summed E-state index contributed by atoms with van der Waals surface area (Å²) >= 11 is 1.53. The first kappa shape index (κ1) is 14.2. The zero-order chi connectivity index (χ0) is 13.2. The number of rotatable bonds is 4. The largest absolute Gasteiger partial charge is 0.394 e. The first-order valence-electron chi connectivity index (χ1n) is 5.81. The standard InChI is InChI=1S/C13H21NO2S/c1-6-10-7-11(17-9(10)2)12(16)14(5)13(3,4)8-15/h7,15H,6,8H2,1-5H3. The molecule has 96 valence electrons. The maximum Gasteiger partial charge on any atom is 0.264 e. The van der Waals surface area contributed by atoms with Crippen LogP contribution in [0.4, 0.5) is 0 Å². The second-order valence-electron chi connectivity index (χ2n) is 4.88. The Balaban J connectivity index is 2.96. The Morgan fingerprint density at radius 2 is 2.12 bits per heavy atom. The van der Waals surface area contributed by atoms with Crippen LogP contribution in [0, 0.1) is 6.92 Å². The molecular weight excluding hydrogens is 234 g/mol. The summed E-state index contributed by atoms with van der Waals surface area (Å²) < 4.78 is 0. The fourth-order valence-corrected chi connectivity index (χ4v) is 2.61. The SMILES string of the molecule is CCc1cc(C(=O)N(C)C(C)(C)CO)sc1C. The summed E-state index contributed by atoms with van der Waals surface area (Å²) in [6.45, 7) is 7.79. The molecule has 0 fully saturated rings. The van der Waals surface area contributed by atoms with Crippen LogP contribution in [0.2, 0.25) is 0 Å². The lowest BCUT2D eigenvalue weighted by Crippen LogP contribution is -2.47. The Labute approximate surface area is 107 Å². The van der Waals surface area contributed by atoms with Crippen LogP contribution in [-0.2, 0) is 6.42 Å². The van der Waals surface area contributed by atoms with Crippen LogP contribution in [0.5, 0.6) is 0 Å². The van der Waals surface area contributed by atoms with E-state index in [2.05, 4.69) is 6.92 Å². The minimum absolute atomic E-state index is 0.0168. The number of carbonyl (C=O) groups is 1. The van der Waals surface area contributed by atoms with Crippen LogP contribution in [0.1, 0.15) is 40.9 Å². The monoisotopic (exact) mass is 255 g/mol. The lowest BCUT2D eigenvalue weighted by molar-refractivity contribution is 0.0478. The molecule has 1 amide bonds. The van der Waals surface area contributed by atoms with Crippen molar-refractivity contribution in [2.45, 2.75) is 39.7 Å². The molecule has 1 N–H and O–H groups in total. The molecule has 3 nitrogen and oxygen atoms in total. The molecule has 1 aromatic rings. The molecule has 0 bridgehead atoms. The number of hydrogen-bond donors (Lipinski definition) is 1. The zero-order valence-corrected chi connectivity index (χ0v) is 12.0. The van der Waals surface area contributed by atoms with Crippen molar-refractivity contribution in [2.24, 2.45) is 0 Å². The number of nitrogens with zero attached hydrogens (tertiary/aromatic N) is 1. The Kier molecular flexibility index (Phi) is 4.33. The molecule has 1 rings (SSSR count). The minimum atomic E-state index is -0.526. The quantitative estimate of drug-likeness (QED) is 0.898. The minimum Gasteiger partial charge on any atom is -0.394 e. The number of aliphatic hydroxyl groups excluding tert-OH is 1. The second kappa shape index (κ2) is 5.19. The van der Waals surface area contributed by atoms with Gasteiger partial charge in [0.1, 0.15) is 0 Å². The van der Waals surface area contributed by atoms with E-state index in [1.807, 2.05) is 26.8 Å². The van der Waals surface area contributed by atoms with E-state index in [4.69, 9.17) is 0 Å². The third-order valence-electron chi connectivity index (χ3n) is 3.21. The number of hydrogen-bond acceptors (Lipinski definition) is 3. The highest BCUT2D eigenvalue weighted by molar-refractivity contribution is 7.14. The first-order valence-corrected chi connectivity index (χ1v) is 6.63. The van der Waals surface area contributed by atoms with E-state index in [1.54, 1.807) is 11.9 Å². The van der Waals surface area contributed by atoms with Crippen molar-refractivity contribution in [1.82, 2.24) is 4.90 Å². The summed E-state index contributed by atoms with van der Waals surface area (Å²) in [4.78, 5) is 15.8. The maximum absolute atomic E-state index is 12.3. The third kappa shape index (κ3) is 2.87. The van der Waals surface area contributed by atoms with Gasteiger partial charge < -0.3 is 10.0 Å². The predicted octanol–water partition coefficient (Wildman–Crippen LogP) is 2.46. The summed E-state index contributed by atoms with van der Waals surface area (Å²) in [6.07, 6.45) is 0.947. The van der Waals surface area contributed by atoms with E-state index in [9.17, 15) is 9.90 Å². The highest BCUT2D eigenvalue weighted by Crippen LogP contribution is 2.25. The molecule has 0 aliphatic carbocycles. The van der Waals surface area contributed by atoms with E-state index in [-0.39, 0.29) is 12.5 Å². The van der Waals surface area contributed by atoms with Crippen molar-refractivity contribution < 1.29 is 9.90 Å². The molecule has 0 unspecified atom stereocenters. The fraction of sp³-hybridized carbons (Fsp3) is 0.615. The van der Waals surface area contributed by atoms with Crippen LogP contribution < -0.4 is 0 Å². The highest BCUT2D eigenvalue weighted by atomic mass is 32.1. The highest BCUT2D eigenvalue weighted by Gasteiger charge is 2.28. The lowest BCUT2D eigenvalue weighted by Gasteiger charge is -2.33. The Morgan fingerprint density at radius 1 is 1.53 bits per heavy atom. The number of carbonyl (C=O) groups excluding carboxylic acids is 1. The third-order valence-corrected chi connectivity index (χ3v) is 4.29. The van der Waals surface area contributed by atoms with Gasteiger partial charge in [0.15, 0.2) is 0 Å². The van der Waals surface area contributed by atoms with Crippen LogP contribution >= 0.6 is 11.3 Å². The summed E-state index contributed by atoms with van der Waals surface area (Å²) in [5.74, 6) is -0.0168. The molecule has 1 aromatic heterocycles. The van der Waals surface area contributed by atoms with E-state index in [0.717, 1.165) is 11.3 Å². The van der Waals surface area contributed by atoms with Gasteiger partial charge in [0.2, 0.25) is 0 Å². The molecule has 0 saturated carbocycles. The van der Waals surface area contributed by atoms with E-state index in [0.29, 0.717) is 0 Å². The fourth-order valence-electron chi connectivity index (χ4n) is 1.52. The van der Waals surface area contributed by atoms with Crippen LogP contribution in [-0.4, -0.2) is 35.1 Å². The van der Waals surface area contributed by atoms with Gasteiger partial charge >= 0.3 is 0 Å². The Bertz CT molecular complexity index is 410. The number of aliphatic hydroxyl groups is 1. The number of thiophene rings is 1. The normalized spacial score (nSPS) is 11.6. The van der Waals surface area contributed by atoms with Crippen molar-refractivity contribution in [3.8, 4) is 0 Å². The van der Waals surface area contributed by atoms with Gasteiger partial charge in [-0.05, 0) is 38.8 Å². The van der Waals surface area contributed by atoms with Crippen LogP contribution in [0.15, 0.2) is 6.07 Å². The second-order valence-corrected chi connectivity index (χ2v) is 6.14. The summed E-state index contributed by atoms with van der Waals surface area (Å²) in [7, 11) is 1.74. The molecule has 0 radical (unpaired) electrons. The summed E-state index contributed by atoms with van der Waals surface area (Å²) in [6, 6.07) is 1.96. The number of likely N-dealkylation sites (N-methyl/N-ethyl adjacent to an activating group) is 1. The van der Waals surface area contributed by atoms with Crippen LogP contribution in [0.25, 0.3) is 0 Å². The first-order chi connectivity index (χ1) is 7.83. The van der Waals surface area contributed by atoms with Crippen molar-refractivity contribution >= 4 is 17.2 Å². The van der Waals surface area contributed by atoms with Gasteiger partial charge in [0.25, 0.3) is 5.91 Å². The van der Waals surface area contributed by atoms with E-state index < -0.39 is 5.54 Å². The van der Waals surface area contributed by atoms with Gasteiger partial charge in [-0.15, -0.1) is 11.3 Å². The Morgan fingerprint density at radius 3 is 2.53 bits per heavy atom. The van der Waals surface area contributed by atoms with Gasteiger partial charge in [0, 0.05) is 11.9 Å². The van der Waals surface area contributed by atoms with Gasteiger partial charge in [-0.2, -0.15) is 0 Å².